The summed E-state index contributed by atoms with van der Waals surface area (Å²) in [7, 11) is -3.64. The maximum atomic E-state index is 13.4. The number of sulfone groups is 1. The van der Waals surface area contributed by atoms with Gasteiger partial charge in [0, 0.05) is 44.2 Å². The predicted molar refractivity (Wildman–Crippen MR) is 142 cm³/mol. The molecular weight excluding hydrogens is 494 g/mol. The zero-order valence-corrected chi connectivity index (χ0v) is 22.3. The Morgan fingerprint density at radius 2 is 1.69 bits per heavy atom. The van der Waals surface area contributed by atoms with Gasteiger partial charge in [-0.2, -0.15) is 0 Å². The number of fused-ring (bicyclic) bond motifs is 1. The van der Waals surface area contributed by atoms with E-state index in [-0.39, 0.29) is 0 Å². The summed E-state index contributed by atoms with van der Waals surface area (Å²) >= 11 is 1.52. The molecule has 190 valence electrons. The fraction of sp³-hybridized carbons (Fsp3) is 0.370. The third-order valence-electron chi connectivity index (χ3n) is 6.48. The van der Waals surface area contributed by atoms with Crippen molar-refractivity contribution in [3.63, 3.8) is 0 Å². The number of thioether (sulfide) groups is 1. The van der Waals surface area contributed by atoms with Gasteiger partial charge in [0.05, 0.1) is 10.6 Å². The SMILES string of the molecule is Cc1cc(C)c(S(=O)(=O)c2ccccc2)c(SCCN2CCN(c3cccc4c3OCCO4)CC2)n1. The van der Waals surface area contributed by atoms with Gasteiger partial charge in [-0.15, -0.1) is 11.8 Å². The number of ether oxygens (including phenoxy) is 2. The van der Waals surface area contributed by atoms with Crippen LogP contribution in [0.5, 0.6) is 11.5 Å². The summed E-state index contributed by atoms with van der Waals surface area (Å²) in [5.74, 6) is 2.44. The molecule has 1 aromatic heterocycles. The van der Waals surface area contributed by atoms with Gasteiger partial charge in [-0.1, -0.05) is 24.3 Å². The van der Waals surface area contributed by atoms with Crippen molar-refractivity contribution in [1.29, 1.82) is 0 Å². The Hall–Kier alpha value is -2.75. The number of benzene rings is 2. The molecule has 7 nitrogen and oxygen atoms in total. The number of hydrogen-bond donors (Lipinski definition) is 0. The Morgan fingerprint density at radius 1 is 0.944 bits per heavy atom. The highest BCUT2D eigenvalue weighted by Crippen LogP contribution is 2.40. The van der Waals surface area contributed by atoms with Crippen LogP contribution in [-0.2, 0) is 9.84 Å². The van der Waals surface area contributed by atoms with Crippen molar-refractivity contribution in [3.8, 4) is 11.5 Å². The highest BCUT2D eigenvalue weighted by molar-refractivity contribution is 8.00. The minimum absolute atomic E-state index is 0.300. The van der Waals surface area contributed by atoms with Gasteiger partial charge < -0.3 is 14.4 Å². The average molecular weight is 526 g/mol. The van der Waals surface area contributed by atoms with Crippen LogP contribution in [0.4, 0.5) is 5.69 Å². The van der Waals surface area contributed by atoms with Gasteiger partial charge >= 0.3 is 0 Å². The molecule has 0 bridgehead atoms. The maximum absolute atomic E-state index is 13.4. The van der Waals surface area contributed by atoms with E-state index < -0.39 is 9.84 Å². The zero-order valence-electron chi connectivity index (χ0n) is 20.6. The van der Waals surface area contributed by atoms with Gasteiger partial charge in [-0.05, 0) is 49.7 Å². The van der Waals surface area contributed by atoms with Gasteiger partial charge in [-0.3, -0.25) is 4.90 Å². The van der Waals surface area contributed by atoms with E-state index in [1.165, 1.54) is 11.8 Å². The van der Waals surface area contributed by atoms with Crippen LogP contribution in [0.15, 0.2) is 69.4 Å². The van der Waals surface area contributed by atoms with Gasteiger partial charge in [0.2, 0.25) is 9.84 Å². The van der Waals surface area contributed by atoms with Crippen LogP contribution in [-0.4, -0.2) is 70.0 Å². The number of aryl methyl sites for hydroxylation is 2. The van der Waals surface area contributed by atoms with E-state index in [1.807, 2.05) is 38.1 Å². The largest absolute Gasteiger partial charge is 0.486 e. The van der Waals surface area contributed by atoms with E-state index in [9.17, 15) is 8.42 Å². The topological polar surface area (TPSA) is 72.0 Å². The van der Waals surface area contributed by atoms with E-state index in [2.05, 4.69) is 20.9 Å². The molecule has 0 atom stereocenters. The van der Waals surface area contributed by atoms with Crippen LogP contribution in [0.25, 0.3) is 0 Å². The number of nitrogens with zero attached hydrogens (tertiary/aromatic N) is 3. The number of pyridine rings is 1. The fourth-order valence-corrected chi connectivity index (χ4v) is 7.78. The Kier molecular flexibility index (Phi) is 7.41. The fourth-order valence-electron chi connectivity index (χ4n) is 4.72. The van der Waals surface area contributed by atoms with Crippen molar-refractivity contribution < 1.29 is 17.9 Å². The van der Waals surface area contributed by atoms with Crippen LogP contribution in [0, 0.1) is 13.8 Å². The molecule has 1 fully saturated rings. The summed E-state index contributed by atoms with van der Waals surface area (Å²) in [5.41, 5.74) is 2.66. The molecule has 3 heterocycles. The second-order valence-electron chi connectivity index (χ2n) is 9.01. The van der Waals surface area contributed by atoms with Crippen molar-refractivity contribution in [2.45, 2.75) is 28.7 Å². The van der Waals surface area contributed by atoms with E-state index >= 15 is 0 Å². The van der Waals surface area contributed by atoms with E-state index in [0.717, 1.165) is 66.9 Å². The third-order valence-corrected chi connectivity index (χ3v) is 9.51. The van der Waals surface area contributed by atoms with Crippen LogP contribution in [0.3, 0.4) is 0 Å². The van der Waals surface area contributed by atoms with Crippen LogP contribution in [0.2, 0.25) is 0 Å². The standard InChI is InChI=1S/C27H31N3O4S2/c1-20-19-21(2)28-27(26(20)36(31,32)22-7-4-3-5-8-22)35-18-15-29-11-13-30(14-12-29)23-9-6-10-24-25(23)34-17-16-33-24/h3-10,19H,11-18H2,1-2H3. The van der Waals surface area contributed by atoms with Crippen LogP contribution < -0.4 is 14.4 Å². The van der Waals surface area contributed by atoms with Crippen molar-refractivity contribution >= 4 is 27.3 Å². The first-order chi connectivity index (χ1) is 17.4. The lowest BCUT2D eigenvalue weighted by Crippen LogP contribution is -2.47. The van der Waals surface area contributed by atoms with Gasteiger partial charge in [0.25, 0.3) is 0 Å². The molecule has 2 aliphatic rings. The number of aromatic nitrogens is 1. The lowest BCUT2D eigenvalue weighted by atomic mass is 10.2. The summed E-state index contributed by atoms with van der Waals surface area (Å²) in [6.07, 6.45) is 0. The molecule has 0 unspecified atom stereocenters. The van der Waals surface area contributed by atoms with Crippen molar-refractivity contribution in [1.82, 2.24) is 9.88 Å². The number of anilines is 1. The number of para-hydroxylation sites is 1. The summed E-state index contributed by atoms with van der Waals surface area (Å²) < 4.78 is 38.5. The first-order valence-electron chi connectivity index (χ1n) is 12.2. The molecule has 5 rings (SSSR count). The molecule has 2 aliphatic heterocycles. The molecule has 0 aliphatic carbocycles. The first kappa shape index (κ1) is 24.9. The van der Waals surface area contributed by atoms with E-state index in [4.69, 9.17) is 9.47 Å². The quantitative estimate of drug-likeness (QED) is 0.425. The number of rotatable bonds is 7. The molecule has 0 N–H and O–H groups in total. The van der Waals surface area contributed by atoms with Crippen LogP contribution >= 0.6 is 11.8 Å². The lowest BCUT2D eigenvalue weighted by molar-refractivity contribution is 0.171. The summed E-state index contributed by atoms with van der Waals surface area (Å²) in [6, 6.07) is 16.5. The number of piperazine rings is 1. The second-order valence-corrected chi connectivity index (χ2v) is 12.0. The highest BCUT2D eigenvalue weighted by atomic mass is 32.2. The lowest BCUT2D eigenvalue weighted by Gasteiger charge is -2.37. The normalized spacial score (nSPS) is 16.2. The molecule has 0 radical (unpaired) electrons. The molecule has 9 heteroatoms. The molecular formula is C27H31N3O4S2. The Bertz CT molecular complexity index is 1320. The Balaban J connectivity index is 1.23. The molecule has 36 heavy (non-hydrogen) atoms. The third kappa shape index (κ3) is 5.19. The van der Waals surface area contributed by atoms with Crippen molar-refractivity contribution in [3.05, 3.63) is 65.9 Å². The number of hydrogen-bond acceptors (Lipinski definition) is 8. The Labute approximate surface area is 217 Å². The second kappa shape index (κ2) is 10.7. The molecule has 0 spiro atoms. The monoisotopic (exact) mass is 525 g/mol. The minimum Gasteiger partial charge on any atom is -0.486 e. The van der Waals surface area contributed by atoms with Gasteiger partial charge in [0.1, 0.15) is 23.1 Å². The van der Waals surface area contributed by atoms with E-state index in [0.29, 0.717) is 28.0 Å². The minimum atomic E-state index is -3.64. The summed E-state index contributed by atoms with van der Waals surface area (Å²) in [5, 5.41) is 0.586. The average Bonchev–Trinajstić information content (AvgIpc) is 2.89. The molecule has 2 aromatic carbocycles. The molecule has 0 amide bonds. The molecule has 0 saturated carbocycles. The van der Waals surface area contributed by atoms with E-state index in [1.54, 1.807) is 24.3 Å². The smallest absolute Gasteiger partial charge is 0.209 e. The first-order valence-corrected chi connectivity index (χ1v) is 14.7. The molecule has 1 saturated heterocycles. The summed E-state index contributed by atoms with van der Waals surface area (Å²) in [6.45, 7) is 9.46. The van der Waals surface area contributed by atoms with Crippen molar-refractivity contribution in [2.75, 3.05) is 56.6 Å². The Morgan fingerprint density at radius 3 is 2.47 bits per heavy atom. The summed E-state index contributed by atoms with van der Waals surface area (Å²) in [4.78, 5) is 10.0. The highest BCUT2D eigenvalue weighted by Gasteiger charge is 2.26. The zero-order chi connectivity index (χ0) is 25.1. The van der Waals surface area contributed by atoms with Crippen LogP contribution in [0.1, 0.15) is 11.3 Å². The van der Waals surface area contributed by atoms with Gasteiger partial charge in [-0.25, -0.2) is 13.4 Å². The molecule has 3 aromatic rings. The van der Waals surface area contributed by atoms with Gasteiger partial charge in [0.15, 0.2) is 11.5 Å². The maximum Gasteiger partial charge on any atom is 0.209 e. The van der Waals surface area contributed by atoms with Crippen molar-refractivity contribution in [2.24, 2.45) is 0 Å². The predicted octanol–water partition coefficient (Wildman–Crippen LogP) is 4.22.